The third-order valence-electron chi connectivity index (χ3n) is 7.77. The molecule has 0 bridgehead atoms. The van der Waals surface area contributed by atoms with Gasteiger partial charge in [-0.1, -0.05) is 11.6 Å². The first-order chi connectivity index (χ1) is 14.7. The van der Waals surface area contributed by atoms with E-state index in [1.54, 1.807) is 50.2 Å². The number of hydrogen-bond donors (Lipinski definition) is 1. The first-order valence-corrected chi connectivity index (χ1v) is 11.3. The van der Waals surface area contributed by atoms with Crippen molar-refractivity contribution in [1.29, 1.82) is 0 Å². The zero-order valence-corrected chi connectivity index (χ0v) is 19.2. The van der Waals surface area contributed by atoms with Gasteiger partial charge in [0.1, 0.15) is 0 Å². The van der Waals surface area contributed by atoms with Crippen LogP contribution in [0.2, 0.25) is 5.02 Å². The second kappa shape index (κ2) is 8.01. The standard InChI is InChI=1S/C23H31ClN4O3/c1-16(29)28-14-19-22(8-9-23(19,15-28)20(30)26(2)3)10-12-27(13-11-22)21(31)25-18-6-4-17(24)5-7-18/h4-7,19H,8-15H2,1-3H3,(H,25,31)/t19-,23+/m0/s1. The molecule has 4 amide bonds. The minimum absolute atomic E-state index is 0.00687. The second-order valence-corrected chi connectivity index (χ2v) is 10.0. The lowest BCUT2D eigenvalue weighted by atomic mass is 9.65. The van der Waals surface area contributed by atoms with Crippen LogP contribution < -0.4 is 5.32 Å². The number of piperidine rings is 1. The maximum absolute atomic E-state index is 13.2. The molecule has 1 aliphatic carbocycles. The van der Waals surface area contributed by atoms with E-state index in [4.69, 9.17) is 11.6 Å². The Labute approximate surface area is 188 Å². The van der Waals surface area contributed by atoms with E-state index in [1.165, 1.54) is 0 Å². The number of likely N-dealkylation sites (tertiary alicyclic amines) is 2. The number of urea groups is 1. The Hall–Kier alpha value is -2.28. The molecule has 3 aliphatic rings. The lowest BCUT2D eigenvalue weighted by molar-refractivity contribution is -0.141. The number of carbonyl (C=O) groups excluding carboxylic acids is 3. The number of nitrogens with one attached hydrogen (secondary N) is 1. The molecule has 2 atom stereocenters. The van der Waals surface area contributed by atoms with Crippen LogP contribution in [-0.4, -0.2) is 72.8 Å². The quantitative estimate of drug-likeness (QED) is 0.757. The third kappa shape index (κ3) is 3.77. The highest BCUT2D eigenvalue weighted by Gasteiger charge is 2.65. The summed E-state index contributed by atoms with van der Waals surface area (Å²) in [6, 6.07) is 6.98. The van der Waals surface area contributed by atoms with Gasteiger partial charge in [0.25, 0.3) is 0 Å². The van der Waals surface area contributed by atoms with E-state index in [1.807, 2.05) is 9.80 Å². The molecule has 8 heteroatoms. The van der Waals surface area contributed by atoms with Crippen LogP contribution in [0, 0.1) is 16.7 Å². The summed E-state index contributed by atoms with van der Waals surface area (Å²) in [7, 11) is 3.61. The highest BCUT2D eigenvalue weighted by Crippen LogP contribution is 2.62. The van der Waals surface area contributed by atoms with Gasteiger partial charge >= 0.3 is 6.03 Å². The fourth-order valence-electron chi connectivity index (χ4n) is 6.09. The minimum Gasteiger partial charge on any atom is -0.348 e. The van der Waals surface area contributed by atoms with Gasteiger partial charge in [0, 0.05) is 57.9 Å². The number of fused-ring (bicyclic) bond motifs is 2. The molecular formula is C23H31ClN4O3. The summed E-state index contributed by atoms with van der Waals surface area (Å²) in [4.78, 5) is 43.5. The average Bonchev–Trinajstić information content (AvgIpc) is 3.27. The smallest absolute Gasteiger partial charge is 0.321 e. The van der Waals surface area contributed by atoms with Crippen molar-refractivity contribution in [2.45, 2.75) is 32.6 Å². The van der Waals surface area contributed by atoms with Crippen molar-refractivity contribution in [3.8, 4) is 0 Å². The zero-order valence-electron chi connectivity index (χ0n) is 18.5. The highest BCUT2D eigenvalue weighted by molar-refractivity contribution is 6.30. The molecule has 0 radical (unpaired) electrons. The van der Waals surface area contributed by atoms with E-state index in [9.17, 15) is 14.4 Å². The van der Waals surface area contributed by atoms with Crippen LogP contribution in [0.15, 0.2) is 24.3 Å². The predicted molar refractivity (Wildman–Crippen MR) is 120 cm³/mol. The van der Waals surface area contributed by atoms with E-state index in [0.717, 1.165) is 31.4 Å². The van der Waals surface area contributed by atoms with Crippen LogP contribution in [0.4, 0.5) is 10.5 Å². The van der Waals surface area contributed by atoms with E-state index in [-0.39, 0.29) is 29.2 Å². The fourth-order valence-corrected chi connectivity index (χ4v) is 6.21. The highest BCUT2D eigenvalue weighted by atomic mass is 35.5. The number of rotatable bonds is 2. The van der Waals surface area contributed by atoms with Gasteiger partial charge in [-0.15, -0.1) is 0 Å². The van der Waals surface area contributed by atoms with Crippen LogP contribution in [0.1, 0.15) is 32.6 Å². The first-order valence-electron chi connectivity index (χ1n) is 11.0. The van der Waals surface area contributed by atoms with Crippen molar-refractivity contribution >= 4 is 35.1 Å². The van der Waals surface area contributed by atoms with E-state index < -0.39 is 5.41 Å². The van der Waals surface area contributed by atoms with Crippen molar-refractivity contribution in [3.63, 3.8) is 0 Å². The molecule has 1 aromatic carbocycles. The van der Waals surface area contributed by atoms with Gasteiger partial charge in [-0.25, -0.2) is 4.79 Å². The van der Waals surface area contributed by atoms with Gasteiger partial charge in [0.05, 0.1) is 5.41 Å². The average molecular weight is 447 g/mol. The number of nitrogens with zero attached hydrogens (tertiary/aromatic N) is 3. The molecule has 31 heavy (non-hydrogen) atoms. The molecule has 4 rings (SSSR count). The van der Waals surface area contributed by atoms with Crippen LogP contribution >= 0.6 is 11.6 Å². The van der Waals surface area contributed by atoms with Crippen molar-refractivity contribution in [2.75, 3.05) is 45.6 Å². The van der Waals surface area contributed by atoms with Gasteiger partial charge in [-0.3, -0.25) is 9.59 Å². The van der Waals surface area contributed by atoms with Gasteiger partial charge in [0.15, 0.2) is 0 Å². The predicted octanol–water partition coefficient (Wildman–Crippen LogP) is 3.30. The van der Waals surface area contributed by atoms with Crippen molar-refractivity contribution in [3.05, 3.63) is 29.3 Å². The fraction of sp³-hybridized carbons (Fsp3) is 0.609. The van der Waals surface area contributed by atoms with Crippen molar-refractivity contribution < 1.29 is 14.4 Å². The van der Waals surface area contributed by atoms with Gasteiger partial charge in [-0.2, -0.15) is 0 Å². The Bertz CT molecular complexity index is 879. The number of anilines is 1. The monoisotopic (exact) mass is 446 g/mol. The van der Waals surface area contributed by atoms with Crippen molar-refractivity contribution in [1.82, 2.24) is 14.7 Å². The summed E-state index contributed by atoms with van der Waals surface area (Å²) < 4.78 is 0. The number of carbonyl (C=O) groups is 3. The lowest BCUT2D eigenvalue weighted by Crippen LogP contribution is -2.50. The second-order valence-electron chi connectivity index (χ2n) is 9.59. The van der Waals surface area contributed by atoms with Crippen LogP contribution in [-0.2, 0) is 9.59 Å². The molecule has 3 fully saturated rings. The number of halogens is 1. The Morgan fingerprint density at radius 1 is 1.03 bits per heavy atom. The van der Waals surface area contributed by atoms with Gasteiger partial charge in [0.2, 0.25) is 11.8 Å². The Morgan fingerprint density at radius 2 is 1.68 bits per heavy atom. The summed E-state index contributed by atoms with van der Waals surface area (Å²) >= 11 is 5.92. The van der Waals surface area contributed by atoms with E-state index >= 15 is 0 Å². The molecule has 0 unspecified atom stereocenters. The van der Waals surface area contributed by atoms with Crippen LogP contribution in [0.3, 0.4) is 0 Å². The summed E-state index contributed by atoms with van der Waals surface area (Å²) in [5.74, 6) is 0.330. The van der Waals surface area contributed by atoms with Crippen LogP contribution in [0.25, 0.3) is 0 Å². The van der Waals surface area contributed by atoms with E-state index in [2.05, 4.69) is 5.32 Å². The topological polar surface area (TPSA) is 73.0 Å². The Morgan fingerprint density at radius 3 is 2.26 bits per heavy atom. The number of benzene rings is 1. The maximum atomic E-state index is 13.2. The third-order valence-corrected chi connectivity index (χ3v) is 8.02. The minimum atomic E-state index is -0.483. The molecule has 168 valence electrons. The first kappa shape index (κ1) is 21.9. The summed E-state index contributed by atoms with van der Waals surface area (Å²) in [6.45, 7) is 4.06. The zero-order chi connectivity index (χ0) is 22.4. The molecule has 7 nitrogen and oxygen atoms in total. The normalized spacial score (nSPS) is 26.6. The Kier molecular flexibility index (Phi) is 5.66. The molecule has 1 N–H and O–H groups in total. The summed E-state index contributed by atoms with van der Waals surface area (Å²) in [5, 5.41) is 3.57. The van der Waals surface area contributed by atoms with Gasteiger partial charge < -0.3 is 20.0 Å². The van der Waals surface area contributed by atoms with Crippen molar-refractivity contribution in [2.24, 2.45) is 16.7 Å². The SMILES string of the molecule is CC(=O)N1C[C@H]2C3(CCN(C(=O)Nc4ccc(Cl)cc4)CC3)CC[C@@]2(C(=O)N(C)C)C1. The largest absolute Gasteiger partial charge is 0.348 e. The van der Waals surface area contributed by atoms with E-state index in [0.29, 0.717) is 31.2 Å². The van der Waals surface area contributed by atoms with Crippen LogP contribution in [0.5, 0.6) is 0 Å². The summed E-state index contributed by atoms with van der Waals surface area (Å²) in [6.07, 6.45) is 3.52. The molecule has 1 saturated carbocycles. The number of amides is 4. The van der Waals surface area contributed by atoms with Gasteiger partial charge in [-0.05, 0) is 61.3 Å². The summed E-state index contributed by atoms with van der Waals surface area (Å²) in [5.41, 5.74) is 0.245. The molecule has 2 heterocycles. The molecule has 2 aliphatic heterocycles. The Balaban J connectivity index is 1.47. The molecule has 0 aromatic heterocycles. The molecule has 1 spiro atoms. The number of hydrogen-bond acceptors (Lipinski definition) is 3. The molecule has 2 saturated heterocycles. The molecular weight excluding hydrogens is 416 g/mol. The lowest BCUT2D eigenvalue weighted by Gasteiger charge is -2.44. The maximum Gasteiger partial charge on any atom is 0.321 e. The molecule has 1 aromatic rings.